The van der Waals surface area contributed by atoms with Gasteiger partial charge < -0.3 is 19.9 Å². The van der Waals surface area contributed by atoms with Gasteiger partial charge in [-0.1, -0.05) is 34.8 Å². The zero-order valence-corrected chi connectivity index (χ0v) is 46.5. The number of rotatable bonds is 12. The molecule has 0 amide bonds. The third-order valence-electron chi connectivity index (χ3n) is 12.0. The average Bonchev–Trinajstić information content (AvgIpc) is 3.88. The number of hydrogen-bond acceptors (Lipinski definition) is 16. The van der Waals surface area contributed by atoms with Crippen molar-refractivity contribution < 1.29 is 52.5 Å². The quantitative estimate of drug-likeness (QED) is 0.0504. The Morgan fingerprint density at radius 3 is 1.54 bits per heavy atom. The first-order valence-corrected chi connectivity index (χ1v) is 27.6. The van der Waals surface area contributed by atoms with Crippen LogP contribution in [0.25, 0.3) is 11.1 Å². The number of anilines is 4. The highest BCUT2D eigenvalue weighted by molar-refractivity contribution is 7.91. The molecule has 9 rings (SSSR count). The number of aryl methyl sites for hydroxylation is 2. The highest BCUT2D eigenvalue weighted by Crippen LogP contribution is 2.38. The molecular formula is C51H44BCl3F6N10O6S2. The lowest BCUT2D eigenvalue weighted by molar-refractivity contribution is 0.00578. The van der Waals surface area contributed by atoms with Crippen LogP contribution in [0.1, 0.15) is 56.0 Å². The van der Waals surface area contributed by atoms with Crippen LogP contribution in [-0.2, 0) is 40.5 Å². The molecule has 1 fully saturated rings. The molecule has 0 aliphatic carbocycles. The molecule has 2 N–H and O–H groups in total. The Hall–Kier alpha value is -6.87. The first-order valence-electron chi connectivity index (χ1n) is 23.1. The Balaban J connectivity index is 0.000000182. The molecule has 0 atom stereocenters. The average molecular weight is 1190 g/mol. The highest BCUT2D eigenvalue weighted by atomic mass is 35.5. The van der Waals surface area contributed by atoms with Gasteiger partial charge in [0.15, 0.2) is 25.5 Å². The molecule has 7 heterocycles. The highest BCUT2D eigenvalue weighted by Gasteiger charge is 2.52. The van der Waals surface area contributed by atoms with Crippen LogP contribution >= 0.6 is 34.8 Å². The van der Waals surface area contributed by atoms with Crippen molar-refractivity contribution in [1.29, 1.82) is 0 Å². The molecule has 0 radical (unpaired) electrons. The van der Waals surface area contributed by atoms with Crippen molar-refractivity contribution in [3.8, 4) is 11.1 Å². The van der Waals surface area contributed by atoms with Gasteiger partial charge in [-0.15, -0.1) is 0 Å². The van der Waals surface area contributed by atoms with Gasteiger partial charge in [0.1, 0.15) is 84.1 Å². The van der Waals surface area contributed by atoms with Crippen LogP contribution in [0.4, 0.5) is 49.6 Å². The summed E-state index contributed by atoms with van der Waals surface area (Å²) in [5.41, 5.74) is 0.394. The summed E-state index contributed by atoms with van der Waals surface area (Å²) in [6.07, 6.45) is 7.97. The number of nitrogens with zero attached hydrogens (tertiary/aromatic N) is 8. The minimum atomic E-state index is -4.24. The lowest BCUT2D eigenvalue weighted by Crippen LogP contribution is -2.41. The van der Waals surface area contributed by atoms with E-state index in [0.29, 0.717) is 52.3 Å². The van der Waals surface area contributed by atoms with Gasteiger partial charge in [-0.2, -0.15) is 0 Å². The fourth-order valence-corrected chi connectivity index (χ4v) is 11.0. The second kappa shape index (κ2) is 24.2. The van der Waals surface area contributed by atoms with Gasteiger partial charge in [-0.3, -0.25) is 0 Å². The van der Waals surface area contributed by atoms with Crippen LogP contribution in [0.3, 0.4) is 0 Å². The molecule has 0 bridgehead atoms. The molecule has 0 unspecified atom stereocenters. The zero-order valence-electron chi connectivity index (χ0n) is 42.6. The molecule has 0 spiro atoms. The first kappa shape index (κ1) is 59.8. The van der Waals surface area contributed by atoms with Crippen molar-refractivity contribution in [3.63, 3.8) is 0 Å². The maximum atomic E-state index is 14.6. The van der Waals surface area contributed by atoms with Crippen LogP contribution in [0.2, 0.25) is 15.3 Å². The molecule has 0 saturated carbocycles. The Labute approximate surface area is 465 Å². The number of aromatic nitrogens is 8. The number of hydrogen-bond donors (Lipinski definition) is 2. The monoisotopic (exact) mass is 1190 g/mol. The third-order valence-corrected chi connectivity index (χ3v) is 16.4. The fraction of sp³-hybridized carbons (Fsp3) is 0.216. The molecule has 412 valence electrons. The molecular weight excluding hydrogens is 1140 g/mol. The number of benzene rings is 2. The van der Waals surface area contributed by atoms with Crippen molar-refractivity contribution in [2.45, 2.75) is 81.0 Å². The molecule has 2 aromatic carbocycles. The summed E-state index contributed by atoms with van der Waals surface area (Å²) in [5.74, 6) is -3.82. The van der Waals surface area contributed by atoms with E-state index in [0.717, 1.165) is 36.7 Å². The summed E-state index contributed by atoms with van der Waals surface area (Å²) in [6, 6.07) is 11.9. The number of sulfone groups is 2. The lowest BCUT2D eigenvalue weighted by Gasteiger charge is -2.32. The molecule has 28 heteroatoms. The van der Waals surface area contributed by atoms with Crippen LogP contribution in [0, 0.1) is 55.7 Å². The second-order valence-corrected chi connectivity index (χ2v) is 23.3. The Morgan fingerprint density at radius 2 is 1.04 bits per heavy atom. The molecule has 1 aliphatic heterocycles. The van der Waals surface area contributed by atoms with Crippen LogP contribution in [0.15, 0.2) is 114 Å². The topological polar surface area (TPSA) is 214 Å². The predicted octanol–water partition coefficient (Wildman–Crippen LogP) is 11.3. The number of halogens is 9. The van der Waals surface area contributed by atoms with Crippen molar-refractivity contribution >= 4 is 90.3 Å². The van der Waals surface area contributed by atoms with Gasteiger partial charge in [0.05, 0.1) is 40.1 Å². The van der Waals surface area contributed by atoms with Crippen molar-refractivity contribution in [2.75, 3.05) is 10.6 Å². The smallest absolute Gasteiger partial charge is 0.399 e. The van der Waals surface area contributed by atoms with E-state index in [1.54, 1.807) is 45.3 Å². The third kappa shape index (κ3) is 14.7. The first-order chi connectivity index (χ1) is 37.0. The summed E-state index contributed by atoms with van der Waals surface area (Å²) in [7, 11) is -9.14. The summed E-state index contributed by atoms with van der Waals surface area (Å²) in [4.78, 5) is 30.8. The Kier molecular flexibility index (Phi) is 18.3. The summed E-state index contributed by atoms with van der Waals surface area (Å²) in [5, 5.41) is 5.68. The fourth-order valence-electron chi connectivity index (χ4n) is 7.28. The lowest BCUT2D eigenvalue weighted by atomic mass is 9.76. The van der Waals surface area contributed by atoms with Gasteiger partial charge in [-0.25, -0.2) is 83.0 Å². The normalized spacial score (nSPS) is 13.7. The second-order valence-electron chi connectivity index (χ2n) is 18.3. The van der Waals surface area contributed by atoms with E-state index < -0.39 is 94.2 Å². The summed E-state index contributed by atoms with van der Waals surface area (Å²) in [6.45, 7) is 12.8. The maximum absolute atomic E-state index is 14.6. The predicted molar refractivity (Wildman–Crippen MR) is 286 cm³/mol. The van der Waals surface area contributed by atoms with E-state index in [1.807, 2.05) is 27.7 Å². The van der Waals surface area contributed by atoms with E-state index >= 15 is 0 Å². The summed E-state index contributed by atoms with van der Waals surface area (Å²) < 4.78 is 145. The zero-order chi connectivity index (χ0) is 57.8. The minimum Gasteiger partial charge on any atom is -0.399 e. The molecule has 8 aromatic rings. The molecule has 1 saturated heterocycles. The SMILES string of the molecule is Cc1c(B2OC(C)(C)C(C)(C)O2)cnc(Cl)c1CS(=O)(=O)c1ccc(F)cc1F.Cc1nccc(Nc2cc(-c3cnc(Cl)c(CS(=O)(=O)c4ccc(F)cc4F)c3)c(F)cn2)n1.Cc1nccc(Nc2cc(Cl)c(F)cn2)n1. The Bertz CT molecular complexity index is 3830. The van der Waals surface area contributed by atoms with Crippen molar-refractivity contribution in [3.05, 3.63) is 182 Å². The minimum absolute atomic E-state index is 0.0139. The van der Waals surface area contributed by atoms with E-state index in [9.17, 15) is 43.2 Å². The van der Waals surface area contributed by atoms with Gasteiger partial charge in [0.2, 0.25) is 0 Å². The standard InChI is InChI=1S/C22H15ClF3N5O2S.C19H21BClF2NO4S.C10H8ClFN4/c1-12-27-5-4-20(30-12)31-21-8-16(18(26)10-28-21)13-6-14(22(23)29-9-13)11-34(32,33)19-3-2-15(24)7-17(19)25;1-11-13(10-29(25,26)16-7-6-12(22)8-15(16)23)17(21)24-9-14(11)20-27-18(2,3)19(4,5)28-20;1-6-13-3-2-9(15-6)16-10-4-7(11)8(12)5-14-10/h2-10H,11H2,1H3,(H,27,28,30,31);6-9H,10H2,1-5H3;2-5H,1H3,(H,13,14,15,16). The number of nitrogens with one attached hydrogen (secondary N) is 2. The number of pyridine rings is 4. The molecule has 6 aromatic heterocycles. The van der Waals surface area contributed by atoms with Gasteiger partial charge >= 0.3 is 7.12 Å². The van der Waals surface area contributed by atoms with Crippen molar-refractivity contribution in [2.24, 2.45) is 0 Å². The van der Waals surface area contributed by atoms with Crippen LogP contribution < -0.4 is 16.1 Å². The molecule has 16 nitrogen and oxygen atoms in total. The Morgan fingerprint density at radius 1 is 0.544 bits per heavy atom. The molecule has 79 heavy (non-hydrogen) atoms. The van der Waals surface area contributed by atoms with Crippen LogP contribution in [-0.4, -0.2) is 75.0 Å². The maximum Gasteiger partial charge on any atom is 0.496 e. The van der Waals surface area contributed by atoms with Crippen LogP contribution in [0.5, 0.6) is 0 Å². The van der Waals surface area contributed by atoms with E-state index in [1.165, 1.54) is 30.6 Å². The van der Waals surface area contributed by atoms with Crippen molar-refractivity contribution in [1.82, 2.24) is 39.9 Å². The van der Waals surface area contributed by atoms with E-state index in [-0.39, 0.29) is 43.4 Å². The molecule has 1 aliphatic rings. The summed E-state index contributed by atoms with van der Waals surface area (Å²) >= 11 is 17.9. The largest absolute Gasteiger partial charge is 0.496 e. The van der Waals surface area contributed by atoms with E-state index in [4.69, 9.17) is 44.1 Å². The van der Waals surface area contributed by atoms with Gasteiger partial charge in [0.25, 0.3) is 0 Å². The van der Waals surface area contributed by atoms with Gasteiger partial charge in [0, 0.05) is 70.7 Å². The van der Waals surface area contributed by atoms with E-state index in [2.05, 4.69) is 50.5 Å². The van der Waals surface area contributed by atoms with Gasteiger partial charge in [-0.05, 0) is 103 Å².